The summed E-state index contributed by atoms with van der Waals surface area (Å²) in [6, 6.07) is 2.14. The molecule has 0 aromatic carbocycles. The Balaban J connectivity index is 1.81. The Bertz CT molecular complexity index is 342. The Morgan fingerprint density at radius 1 is 1.60 bits per heavy atom. The fourth-order valence-electron chi connectivity index (χ4n) is 1.84. The van der Waals surface area contributed by atoms with Crippen LogP contribution >= 0.6 is 11.8 Å². The van der Waals surface area contributed by atoms with Crippen molar-refractivity contribution in [2.45, 2.75) is 31.1 Å². The molecule has 0 saturated heterocycles. The van der Waals surface area contributed by atoms with E-state index < -0.39 is 0 Å². The lowest BCUT2D eigenvalue weighted by Crippen LogP contribution is -2.26. The molecule has 1 aliphatic carbocycles. The van der Waals surface area contributed by atoms with Crippen LogP contribution in [0.4, 0.5) is 0 Å². The van der Waals surface area contributed by atoms with Crippen LogP contribution in [-0.2, 0) is 13.6 Å². The first kappa shape index (κ1) is 11.0. The smallest absolute Gasteiger partial charge is 0.0597 e. The fourth-order valence-corrected chi connectivity index (χ4v) is 2.60. The van der Waals surface area contributed by atoms with Crippen LogP contribution in [0.2, 0.25) is 0 Å². The molecule has 2 rings (SSSR count). The molecule has 4 heteroatoms. The predicted molar refractivity (Wildman–Crippen MR) is 65.1 cm³/mol. The predicted octanol–water partition coefficient (Wildman–Crippen LogP) is 1.71. The summed E-state index contributed by atoms with van der Waals surface area (Å²) in [6.07, 6.45) is 4.94. The monoisotopic (exact) mass is 225 g/mol. The van der Waals surface area contributed by atoms with Gasteiger partial charge in [0.1, 0.15) is 0 Å². The molecule has 0 aliphatic heterocycles. The molecule has 1 fully saturated rings. The number of thioether (sulfide) groups is 1. The van der Waals surface area contributed by atoms with Crippen molar-refractivity contribution in [1.82, 2.24) is 15.1 Å². The van der Waals surface area contributed by atoms with E-state index in [2.05, 4.69) is 22.7 Å². The molecule has 0 radical (unpaired) electrons. The quantitative estimate of drug-likeness (QED) is 0.827. The standard InChI is InChI=1S/C11H19N3S/c1-9-6-10(14(2)13-9)7-12-8-11(15-3)4-5-11/h6,12H,4-5,7-8H2,1-3H3. The van der Waals surface area contributed by atoms with E-state index in [1.54, 1.807) is 0 Å². The van der Waals surface area contributed by atoms with Gasteiger partial charge in [0.25, 0.3) is 0 Å². The molecule has 1 N–H and O–H groups in total. The highest BCUT2D eigenvalue weighted by Crippen LogP contribution is 2.46. The molecule has 15 heavy (non-hydrogen) atoms. The molecule has 0 bridgehead atoms. The molecule has 0 unspecified atom stereocenters. The van der Waals surface area contributed by atoms with Crippen molar-refractivity contribution in [3.8, 4) is 0 Å². The summed E-state index contributed by atoms with van der Waals surface area (Å²) >= 11 is 2.00. The zero-order valence-electron chi connectivity index (χ0n) is 9.71. The minimum atomic E-state index is 0.549. The van der Waals surface area contributed by atoms with Gasteiger partial charge in [-0.05, 0) is 32.1 Å². The lowest BCUT2D eigenvalue weighted by molar-refractivity contribution is 0.612. The maximum Gasteiger partial charge on any atom is 0.0597 e. The van der Waals surface area contributed by atoms with E-state index in [-0.39, 0.29) is 0 Å². The number of nitrogens with one attached hydrogen (secondary N) is 1. The van der Waals surface area contributed by atoms with E-state index in [4.69, 9.17) is 0 Å². The molecular formula is C11H19N3S. The van der Waals surface area contributed by atoms with Gasteiger partial charge in [-0.2, -0.15) is 16.9 Å². The van der Waals surface area contributed by atoms with E-state index in [9.17, 15) is 0 Å². The van der Waals surface area contributed by atoms with Crippen LogP contribution in [0.3, 0.4) is 0 Å². The van der Waals surface area contributed by atoms with Crippen LogP contribution in [0.25, 0.3) is 0 Å². The van der Waals surface area contributed by atoms with Crippen LogP contribution in [-0.4, -0.2) is 27.3 Å². The molecule has 0 atom stereocenters. The average Bonchev–Trinajstić information content (AvgIpc) is 2.90. The van der Waals surface area contributed by atoms with Gasteiger partial charge in [-0.25, -0.2) is 0 Å². The molecule has 1 saturated carbocycles. The van der Waals surface area contributed by atoms with Crippen LogP contribution in [0.15, 0.2) is 6.07 Å². The van der Waals surface area contributed by atoms with Gasteiger partial charge < -0.3 is 5.32 Å². The molecule has 0 spiro atoms. The normalized spacial score (nSPS) is 18.1. The molecule has 1 aromatic rings. The summed E-state index contributed by atoms with van der Waals surface area (Å²) in [5.41, 5.74) is 2.37. The van der Waals surface area contributed by atoms with Crippen molar-refractivity contribution in [3.05, 3.63) is 17.5 Å². The van der Waals surface area contributed by atoms with Crippen molar-refractivity contribution >= 4 is 11.8 Å². The second-order valence-corrected chi connectivity index (χ2v) is 5.67. The lowest BCUT2D eigenvalue weighted by Gasteiger charge is -2.12. The van der Waals surface area contributed by atoms with Gasteiger partial charge in [-0.3, -0.25) is 4.68 Å². The van der Waals surface area contributed by atoms with Gasteiger partial charge in [0.05, 0.1) is 11.4 Å². The van der Waals surface area contributed by atoms with Crippen molar-refractivity contribution in [1.29, 1.82) is 0 Å². The SMILES string of the molecule is CSC1(CNCc2cc(C)nn2C)CC1. The molecular weight excluding hydrogens is 206 g/mol. The van der Waals surface area contributed by atoms with Crippen molar-refractivity contribution in [3.63, 3.8) is 0 Å². The van der Waals surface area contributed by atoms with Crippen LogP contribution < -0.4 is 5.32 Å². The van der Waals surface area contributed by atoms with E-state index in [1.165, 1.54) is 18.5 Å². The van der Waals surface area contributed by atoms with Gasteiger partial charge >= 0.3 is 0 Å². The first-order valence-electron chi connectivity index (χ1n) is 5.41. The van der Waals surface area contributed by atoms with Crippen molar-refractivity contribution in [2.75, 3.05) is 12.8 Å². The molecule has 84 valence electrons. The second-order valence-electron chi connectivity index (χ2n) is 4.39. The largest absolute Gasteiger partial charge is 0.310 e. The van der Waals surface area contributed by atoms with Crippen LogP contribution in [0.1, 0.15) is 24.2 Å². The Morgan fingerprint density at radius 2 is 2.33 bits per heavy atom. The van der Waals surface area contributed by atoms with Crippen LogP contribution in [0, 0.1) is 6.92 Å². The van der Waals surface area contributed by atoms with Gasteiger partial charge in [0.2, 0.25) is 0 Å². The van der Waals surface area contributed by atoms with Gasteiger partial charge in [0.15, 0.2) is 0 Å². The molecule has 1 aliphatic rings. The summed E-state index contributed by atoms with van der Waals surface area (Å²) < 4.78 is 2.51. The zero-order chi connectivity index (χ0) is 10.9. The highest BCUT2D eigenvalue weighted by molar-refractivity contribution is 8.00. The maximum absolute atomic E-state index is 4.33. The number of hydrogen-bond acceptors (Lipinski definition) is 3. The van der Waals surface area contributed by atoms with Gasteiger partial charge in [-0.15, -0.1) is 0 Å². The minimum absolute atomic E-state index is 0.549. The van der Waals surface area contributed by atoms with Crippen molar-refractivity contribution in [2.24, 2.45) is 7.05 Å². The Morgan fingerprint density at radius 3 is 2.80 bits per heavy atom. The first-order chi connectivity index (χ1) is 7.15. The third kappa shape index (κ3) is 2.55. The minimum Gasteiger partial charge on any atom is -0.310 e. The van der Waals surface area contributed by atoms with E-state index in [0.717, 1.165) is 18.8 Å². The summed E-state index contributed by atoms with van der Waals surface area (Å²) in [6.45, 7) is 4.09. The average molecular weight is 225 g/mol. The summed E-state index contributed by atoms with van der Waals surface area (Å²) in [4.78, 5) is 0. The molecule has 3 nitrogen and oxygen atoms in total. The van der Waals surface area contributed by atoms with Gasteiger partial charge in [0, 0.05) is 24.9 Å². The van der Waals surface area contributed by atoms with Gasteiger partial charge in [-0.1, -0.05) is 0 Å². The number of aromatic nitrogens is 2. The van der Waals surface area contributed by atoms with Crippen molar-refractivity contribution < 1.29 is 0 Å². The Labute approximate surface area is 95.6 Å². The third-order valence-electron chi connectivity index (χ3n) is 3.09. The third-order valence-corrected chi connectivity index (χ3v) is 4.51. The summed E-state index contributed by atoms with van der Waals surface area (Å²) in [5.74, 6) is 0. The topological polar surface area (TPSA) is 29.9 Å². The maximum atomic E-state index is 4.33. The lowest BCUT2D eigenvalue weighted by atomic mass is 10.3. The second kappa shape index (κ2) is 4.18. The number of rotatable bonds is 5. The van der Waals surface area contributed by atoms with Crippen LogP contribution in [0.5, 0.6) is 0 Å². The number of aryl methyl sites for hydroxylation is 2. The first-order valence-corrected chi connectivity index (χ1v) is 6.63. The molecule has 1 heterocycles. The molecule has 0 amide bonds. The number of hydrogen-bond donors (Lipinski definition) is 1. The summed E-state index contributed by atoms with van der Waals surface area (Å²) in [7, 11) is 2.01. The Hall–Kier alpha value is -0.480. The van der Waals surface area contributed by atoms with E-state index in [1.807, 2.05) is 30.4 Å². The highest BCUT2D eigenvalue weighted by atomic mass is 32.2. The highest BCUT2D eigenvalue weighted by Gasteiger charge is 2.41. The summed E-state index contributed by atoms with van der Waals surface area (Å²) in [5, 5.41) is 7.86. The van der Waals surface area contributed by atoms with E-state index >= 15 is 0 Å². The number of nitrogens with zero attached hydrogens (tertiary/aromatic N) is 2. The van der Waals surface area contributed by atoms with E-state index in [0.29, 0.717) is 4.75 Å². The fraction of sp³-hybridized carbons (Fsp3) is 0.727. The molecule has 1 aromatic heterocycles. The zero-order valence-corrected chi connectivity index (χ0v) is 10.5. The Kier molecular flexibility index (Phi) is 3.07.